The Bertz CT molecular complexity index is 241. The van der Waals surface area contributed by atoms with Crippen LogP contribution in [0.3, 0.4) is 0 Å². The van der Waals surface area contributed by atoms with Gasteiger partial charge in [-0.25, -0.2) is 13.2 Å². The summed E-state index contributed by atoms with van der Waals surface area (Å²) in [7, 11) is 0. The number of hydrogen-bond donors (Lipinski definition) is 0. The third-order valence-electron chi connectivity index (χ3n) is 2.73. The summed E-state index contributed by atoms with van der Waals surface area (Å²) < 4.78 is 49.7. The summed E-state index contributed by atoms with van der Waals surface area (Å²) in [6.45, 7) is -1.05. The smallest absolute Gasteiger partial charge is 0.250 e. The Morgan fingerprint density at radius 1 is 1.62 bits per heavy atom. The molecule has 3 atom stereocenters. The molecule has 2 nitrogen and oxygen atoms in total. The zero-order chi connectivity index (χ0) is 10.4. The second-order valence-corrected chi connectivity index (χ2v) is 3.30. The van der Waals surface area contributed by atoms with E-state index in [2.05, 4.69) is 0 Å². The lowest BCUT2D eigenvalue weighted by Gasteiger charge is -2.12. The molecule has 1 rings (SSSR count). The molecule has 0 saturated heterocycles. The standard InChI is InChI=1S/C7H8F4O2/c1-6(11)3(4(12)13)7(6,2-8)5(9)10/h3,5H,2H2,1H3,(H,12,13)/p-1. The van der Waals surface area contributed by atoms with Crippen molar-refractivity contribution < 1.29 is 27.5 Å². The van der Waals surface area contributed by atoms with Gasteiger partial charge in [0.2, 0.25) is 0 Å². The van der Waals surface area contributed by atoms with Gasteiger partial charge in [0.15, 0.2) is 0 Å². The zero-order valence-electron chi connectivity index (χ0n) is 6.69. The molecule has 13 heavy (non-hydrogen) atoms. The van der Waals surface area contributed by atoms with Gasteiger partial charge in [-0.1, -0.05) is 0 Å². The number of aliphatic carboxylic acids is 1. The van der Waals surface area contributed by atoms with Crippen LogP contribution in [0.5, 0.6) is 0 Å². The predicted octanol–water partition coefficient (Wildman–Crippen LogP) is 0.315. The summed E-state index contributed by atoms with van der Waals surface area (Å²) in [5.74, 6) is -4.02. The summed E-state index contributed by atoms with van der Waals surface area (Å²) in [6.07, 6.45) is -3.34. The lowest BCUT2D eigenvalue weighted by Crippen LogP contribution is -2.30. The largest absolute Gasteiger partial charge is 0.550 e. The van der Waals surface area contributed by atoms with E-state index in [0.717, 1.165) is 0 Å². The van der Waals surface area contributed by atoms with Crippen molar-refractivity contribution in [2.24, 2.45) is 11.3 Å². The van der Waals surface area contributed by atoms with E-state index >= 15 is 0 Å². The van der Waals surface area contributed by atoms with E-state index in [1.807, 2.05) is 0 Å². The highest BCUT2D eigenvalue weighted by Crippen LogP contribution is 2.67. The molecule has 1 fully saturated rings. The zero-order valence-corrected chi connectivity index (χ0v) is 6.69. The Kier molecular flexibility index (Phi) is 2.04. The van der Waals surface area contributed by atoms with Gasteiger partial charge in [0.25, 0.3) is 6.43 Å². The lowest BCUT2D eigenvalue weighted by atomic mass is 10.0. The van der Waals surface area contributed by atoms with Gasteiger partial charge in [-0.05, 0) is 6.92 Å². The van der Waals surface area contributed by atoms with E-state index in [9.17, 15) is 27.5 Å². The lowest BCUT2D eigenvalue weighted by molar-refractivity contribution is -0.310. The van der Waals surface area contributed by atoms with Crippen molar-refractivity contribution in [3.05, 3.63) is 0 Å². The van der Waals surface area contributed by atoms with Crippen LogP contribution >= 0.6 is 0 Å². The van der Waals surface area contributed by atoms with Crippen molar-refractivity contribution in [3.63, 3.8) is 0 Å². The molecule has 6 heteroatoms. The van der Waals surface area contributed by atoms with E-state index < -0.39 is 36.1 Å². The monoisotopic (exact) mass is 199 g/mol. The molecule has 0 heterocycles. The van der Waals surface area contributed by atoms with E-state index in [0.29, 0.717) is 6.92 Å². The third kappa shape index (κ3) is 0.971. The van der Waals surface area contributed by atoms with Crippen molar-refractivity contribution in [1.29, 1.82) is 0 Å². The fraction of sp³-hybridized carbons (Fsp3) is 0.857. The van der Waals surface area contributed by atoms with Crippen LogP contribution < -0.4 is 5.11 Å². The van der Waals surface area contributed by atoms with Gasteiger partial charge in [0.1, 0.15) is 17.8 Å². The minimum atomic E-state index is -3.34. The van der Waals surface area contributed by atoms with Gasteiger partial charge in [0, 0.05) is 5.97 Å². The van der Waals surface area contributed by atoms with Gasteiger partial charge >= 0.3 is 0 Å². The molecule has 0 aliphatic heterocycles. The van der Waals surface area contributed by atoms with Crippen LogP contribution in [0.15, 0.2) is 0 Å². The summed E-state index contributed by atoms with van der Waals surface area (Å²) in [4.78, 5) is 10.2. The normalized spacial score (nSPS) is 43.7. The summed E-state index contributed by atoms with van der Waals surface area (Å²) in [6, 6.07) is 0. The average molecular weight is 199 g/mol. The number of carbonyl (C=O) groups is 1. The predicted molar refractivity (Wildman–Crippen MR) is 32.4 cm³/mol. The molecule has 0 bridgehead atoms. The second-order valence-electron chi connectivity index (χ2n) is 3.30. The van der Waals surface area contributed by atoms with Gasteiger partial charge in [0.05, 0.1) is 5.92 Å². The highest BCUT2D eigenvalue weighted by Gasteiger charge is 2.81. The number of carboxylic acids is 1. The molecule has 1 saturated carbocycles. The first-order chi connectivity index (χ1) is 5.82. The van der Waals surface area contributed by atoms with Crippen LogP contribution in [0.25, 0.3) is 0 Å². The molecule has 0 spiro atoms. The van der Waals surface area contributed by atoms with Crippen molar-refractivity contribution in [3.8, 4) is 0 Å². The first kappa shape index (κ1) is 10.3. The van der Waals surface area contributed by atoms with Crippen LogP contribution in [-0.2, 0) is 4.79 Å². The summed E-state index contributed by atoms with van der Waals surface area (Å²) >= 11 is 0. The van der Waals surface area contributed by atoms with Crippen LogP contribution in [-0.4, -0.2) is 24.7 Å². The van der Waals surface area contributed by atoms with E-state index in [1.54, 1.807) is 0 Å². The van der Waals surface area contributed by atoms with Crippen molar-refractivity contribution >= 4 is 5.97 Å². The van der Waals surface area contributed by atoms with Gasteiger partial charge in [-0.15, -0.1) is 0 Å². The fourth-order valence-corrected chi connectivity index (χ4v) is 1.72. The Balaban J connectivity index is 2.99. The molecular weight excluding hydrogens is 192 g/mol. The van der Waals surface area contributed by atoms with Crippen LogP contribution in [0.1, 0.15) is 6.92 Å². The minimum absolute atomic E-state index is 0.652. The number of rotatable bonds is 3. The Hall–Kier alpha value is -0.810. The van der Waals surface area contributed by atoms with Crippen LogP contribution in [0.2, 0.25) is 0 Å². The number of alkyl halides is 4. The molecule has 0 aromatic rings. The van der Waals surface area contributed by atoms with Crippen molar-refractivity contribution in [2.75, 3.05) is 6.67 Å². The number of carboxylic acid groups (broad SMARTS) is 1. The van der Waals surface area contributed by atoms with E-state index in [-0.39, 0.29) is 0 Å². The maximum Gasteiger partial charge on any atom is 0.250 e. The fourth-order valence-electron chi connectivity index (χ4n) is 1.72. The third-order valence-corrected chi connectivity index (χ3v) is 2.73. The average Bonchev–Trinajstić information content (AvgIpc) is 2.48. The Labute approximate surface area is 71.5 Å². The summed E-state index contributed by atoms with van der Waals surface area (Å²) in [5, 5.41) is 10.2. The molecule has 0 radical (unpaired) electrons. The van der Waals surface area contributed by atoms with Crippen LogP contribution in [0.4, 0.5) is 17.6 Å². The van der Waals surface area contributed by atoms with Gasteiger partial charge < -0.3 is 9.90 Å². The quantitative estimate of drug-likeness (QED) is 0.614. The van der Waals surface area contributed by atoms with Gasteiger partial charge in [-0.3, -0.25) is 4.39 Å². The maximum absolute atomic E-state index is 13.1. The van der Waals surface area contributed by atoms with Crippen LogP contribution in [0, 0.1) is 11.3 Å². The number of halogens is 4. The topological polar surface area (TPSA) is 40.1 Å². The molecule has 1 aliphatic carbocycles. The number of carbonyl (C=O) groups excluding carboxylic acids is 1. The highest BCUT2D eigenvalue weighted by molar-refractivity contribution is 5.76. The van der Waals surface area contributed by atoms with Gasteiger partial charge in [-0.2, -0.15) is 0 Å². The molecule has 0 amide bonds. The first-order valence-electron chi connectivity index (χ1n) is 3.56. The second kappa shape index (κ2) is 2.59. The Morgan fingerprint density at radius 3 is 2.15 bits per heavy atom. The molecule has 0 aromatic carbocycles. The van der Waals surface area contributed by atoms with Crippen molar-refractivity contribution in [2.45, 2.75) is 19.0 Å². The van der Waals surface area contributed by atoms with E-state index in [1.165, 1.54) is 0 Å². The molecule has 3 unspecified atom stereocenters. The molecular formula is C7H7F4O2-. The van der Waals surface area contributed by atoms with Crippen molar-refractivity contribution in [1.82, 2.24) is 0 Å². The SMILES string of the molecule is CC1(F)C(C(=O)[O-])C1(CF)C(F)F. The first-order valence-corrected chi connectivity index (χ1v) is 3.56. The summed E-state index contributed by atoms with van der Waals surface area (Å²) in [5.41, 5.74) is -5.42. The minimum Gasteiger partial charge on any atom is -0.550 e. The van der Waals surface area contributed by atoms with E-state index in [4.69, 9.17) is 0 Å². The Morgan fingerprint density at radius 2 is 2.08 bits per heavy atom. The number of hydrogen-bond acceptors (Lipinski definition) is 2. The molecule has 0 N–H and O–H groups in total. The maximum atomic E-state index is 13.1. The molecule has 1 aliphatic rings. The molecule has 76 valence electrons. The highest BCUT2D eigenvalue weighted by atomic mass is 19.3. The molecule has 0 aromatic heterocycles.